The maximum absolute atomic E-state index is 13.5. The second-order valence-corrected chi connectivity index (χ2v) is 6.84. The van der Waals surface area contributed by atoms with Crippen molar-refractivity contribution in [2.75, 3.05) is 25.5 Å². The summed E-state index contributed by atoms with van der Waals surface area (Å²) in [6, 6.07) is 7.85. The number of hydrogen-bond acceptors (Lipinski definition) is 4. The fourth-order valence-corrected chi connectivity index (χ4v) is 3.44. The number of benzene rings is 1. The molecule has 6 nitrogen and oxygen atoms in total. The number of likely N-dealkylation sites (N-methyl/N-ethyl adjacent to an activating group) is 1. The van der Waals surface area contributed by atoms with Crippen LogP contribution in [0.15, 0.2) is 42.7 Å². The lowest BCUT2D eigenvalue weighted by atomic mass is 9.85. The molecule has 3 rings (SSSR count). The highest BCUT2D eigenvalue weighted by atomic mass is 19.1. The van der Waals surface area contributed by atoms with Crippen molar-refractivity contribution >= 4 is 17.5 Å². The fraction of sp³-hybridized carbons (Fsp3) is 0.350. The number of hydrogen-bond donors (Lipinski definition) is 2. The number of pyridine rings is 1. The lowest BCUT2D eigenvalue weighted by Gasteiger charge is -2.41. The van der Waals surface area contributed by atoms with E-state index in [9.17, 15) is 14.0 Å². The van der Waals surface area contributed by atoms with Crippen LogP contribution in [0.25, 0.3) is 0 Å². The van der Waals surface area contributed by atoms with Gasteiger partial charge in [-0.3, -0.25) is 14.6 Å². The topological polar surface area (TPSA) is 74.3 Å². The molecule has 0 radical (unpaired) electrons. The molecule has 0 saturated carbocycles. The Kier molecular flexibility index (Phi) is 5.39. The number of anilines is 1. The minimum atomic E-state index is -0.885. The van der Waals surface area contributed by atoms with Crippen molar-refractivity contribution in [3.05, 3.63) is 59.7 Å². The molecule has 0 spiro atoms. The van der Waals surface area contributed by atoms with E-state index in [4.69, 9.17) is 0 Å². The number of likely N-dealkylation sites (tertiary alicyclic amines) is 1. The van der Waals surface area contributed by atoms with Crippen LogP contribution in [0.1, 0.15) is 28.8 Å². The Morgan fingerprint density at radius 2 is 1.93 bits per heavy atom. The molecule has 1 aromatic heterocycles. The first-order chi connectivity index (χ1) is 12.9. The van der Waals surface area contributed by atoms with Crippen LogP contribution in [0.3, 0.4) is 0 Å². The number of amides is 2. The van der Waals surface area contributed by atoms with Gasteiger partial charge < -0.3 is 15.5 Å². The number of nitrogens with zero attached hydrogens (tertiary/aromatic N) is 2. The Balaban J connectivity index is 1.76. The van der Waals surface area contributed by atoms with Crippen LogP contribution in [-0.2, 0) is 4.79 Å². The van der Waals surface area contributed by atoms with Crippen molar-refractivity contribution in [2.45, 2.75) is 25.3 Å². The summed E-state index contributed by atoms with van der Waals surface area (Å²) >= 11 is 0. The molecule has 27 heavy (non-hydrogen) atoms. The molecule has 1 aliphatic heterocycles. The third kappa shape index (κ3) is 4.07. The van der Waals surface area contributed by atoms with Gasteiger partial charge in [0.15, 0.2) is 0 Å². The maximum atomic E-state index is 13.5. The van der Waals surface area contributed by atoms with Crippen molar-refractivity contribution < 1.29 is 14.0 Å². The molecule has 7 heteroatoms. The van der Waals surface area contributed by atoms with Crippen LogP contribution in [0.2, 0.25) is 0 Å². The maximum Gasteiger partial charge on any atom is 0.255 e. The summed E-state index contributed by atoms with van der Waals surface area (Å²) in [6.45, 7) is 2.73. The van der Waals surface area contributed by atoms with Crippen molar-refractivity contribution in [1.29, 1.82) is 0 Å². The number of aryl methyl sites for hydroxylation is 1. The molecule has 2 N–H and O–H groups in total. The zero-order chi connectivity index (χ0) is 19.4. The monoisotopic (exact) mass is 370 g/mol. The molecule has 1 saturated heterocycles. The number of carbonyl (C=O) groups excluding carboxylic acids is 2. The van der Waals surface area contributed by atoms with Crippen molar-refractivity contribution in [3.63, 3.8) is 0 Å². The van der Waals surface area contributed by atoms with E-state index in [1.165, 1.54) is 12.1 Å². The van der Waals surface area contributed by atoms with Crippen LogP contribution in [-0.4, -0.2) is 47.4 Å². The van der Waals surface area contributed by atoms with Crippen molar-refractivity contribution in [3.8, 4) is 0 Å². The summed E-state index contributed by atoms with van der Waals surface area (Å²) in [7, 11) is 1.58. The van der Waals surface area contributed by atoms with Crippen molar-refractivity contribution in [1.82, 2.24) is 15.2 Å². The molecule has 0 atom stereocenters. The minimum Gasteiger partial charge on any atom is -0.371 e. The van der Waals surface area contributed by atoms with E-state index >= 15 is 0 Å². The van der Waals surface area contributed by atoms with Crippen LogP contribution in [0.4, 0.5) is 10.1 Å². The average Bonchev–Trinajstić information content (AvgIpc) is 2.67. The molecular weight excluding hydrogens is 347 g/mol. The van der Waals surface area contributed by atoms with Crippen LogP contribution in [0, 0.1) is 12.7 Å². The first kappa shape index (κ1) is 18.8. The zero-order valence-electron chi connectivity index (χ0n) is 15.5. The third-order valence-electron chi connectivity index (χ3n) is 4.90. The number of rotatable bonds is 4. The molecule has 2 amide bonds. The number of carbonyl (C=O) groups is 2. The van der Waals surface area contributed by atoms with E-state index in [1.807, 2.05) is 6.92 Å². The van der Waals surface area contributed by atoms with Crippen molar-refractivity contribution in [2.24, 2.45) is 0 Å². The summed E-state index contributed by atoms with van der Waals surface area (Å²) in [5.41, 5.74) is 1.12. The van der Waals surface area contributed by atoms with E-state index in [0.717, 1.165) is 5.56 Å². The van der Waals surface area contributed by atoms with Gasteiger partial charge in [-0.2, -0.15) is 0 Å². The Morgan fingerprint density at radius 1 is 1.19 bits per heavy atom. The second-order valence-electron chi connectivity index (χ2n) is 6.84. The normalized spacial score (nSPS) is 15.9. The predicted molar refractivity (Wildman–Crippen MR) is 101 cm³/mol. The van der Waals surface area contributed by atoms with Gasteiger partial charge in [0, 0.05) is 38.2 Å². The van der Waals surface area contributed by atoms with Gasteiger partial charge >= 0.3 is 0 Å². The lowest BCUT2D eigenvalue weighted by Crippen LogP contribution is -2.58. The van der Waals surface area contributed by atoms with Gasteiger partial charge in [0.1, 0.15) is 11.4 Å². The first-order valence-electron chi connectivity index (χ1n) is 8.90. The largest absolute Gasteiger partial charge is 0.371 e. The second kappa shape index (κ2) is 7.73. The average molecular weight is 370 g/mol. The third-order valence-corrected chi connectivity index (χ3v) is 4.90. The number of aromatic nitrogens is 1. The first-order valence-corrected chi connectivity index (χ1v) is 8.90. The molecule has 1 aliphatic rings. The number of piperidine rings is 1. The van der Waals surface area contributed by atoms with E-state index in [2.05, 4.69) is 15.6 Å². The highest BCUT2D eigenvalue weighted by molar-refractivity contribution is 5.95. The molecule has 0 bridgehead atoms. The molecule has 2 aromatic rings. The lowest BCUT2D eigenvalue weighted by molar-refractivity contribution is -0.126. The predicted octanol–water partition coefficient (Wildman–Crippen LogP) is 2.36. The highest BCUT2D eigenvalue weighted by Crippen LogP contribution is 2.28. The summed E-state index contributed by atoms with van der Waals surface area (Å²) in [5, 5.41) is 5.88. The van der Waals surface area contributed by atoms with E-state index in [-0.39, 0.29) is 17.6 Å². The van der Waals surface area contributed by atoms with E-state index in [1.54, 1.807) is 42.5 Å². The SMILES string of the molecule is CNC(=O)C1(Nc2cccc(F)c2)CCN(C(=O)c2cncc(C)c2)CC1. The molecule has 0 aliphatic carbocycles. The number of halogens is 1. The Labute approximate surface area is 157 Å². The van der Waals surface area contributed by atoms with Gasteiger partial charge in [-0.05, 0) is 49.6 Å². The Hall–Kier alpha value is -2.96. The molecule has 142 valence electrons. The molecule has 1 fully saturated rings. The van der Waals surface area contributed by atoms with Crippen LogP contribution in [0.5, 0.6) is 0 Å². The molecule has 1 aromatic carbocycles. The van der Waals surface area contributed by atoms with Gasteiger partial charge in [-0.25, -0.2) is 4.39 Å². The summed E-state index contributed by atoms with van der Waals surface area (Å²) < 4.78 is 13.5. The molecular formula is C20H23FN4O2. The minimum absolute atomic E-state index is 0.0949. The van der Waals surface area contributed by atoms with E-state index in [0.29, 0.717) is 37.2 Å². The molecule has 2 heterocycles. The van der Waals surface area contributed by atoms with Gasteiger partial charge in [0.05, 0.1) is 5.56 Å². The van der Waals surface area contributed by atoms with Crippen LogP contribution >= 0.6 is 0 Å². The smallest absolute Gasteiger partial charge is 0.255 e. The summed E-state index contributed by atoms with van der Waals surface area (Å²) in [6.07, 6.45) is 4.11. The summed E-state index contributed by atoms with van der Waals surface area (Å²) in [4.78, 5) is 31.1. The summed E-state index contributed by atoms with van der Waals surface area (Å²) in [5.74, 6) is -0.634. The Morgan fingerprint density at radius 3 is 2.56 bits per heavy atom. The van der Waals surface area contributed by atoms with Gasteiger partial charge in [-0.1, -0.05) is 6.07 Å². The zero-order valence-corrected chi connectivity index (χ0v) is 15.5. The van der Waals surface area contributed by atoms with E-state index < -0.39 is 5.54 Å². The Bertz CT molecular complexity index is 847. The van der Waals surface area contributed by atoms with Gasteiger partial charge in [0.2, 0.25) is 5.91 Å². The number of nitrogens with one attached hydrogen (secondary N) is 2. The van der Waals surface area contributed by atoms with Gasteiger partial charge in [0.25, 0.3) is 5.91 Å². The fourth-order valence-electron chi connectivity index (χ4n) is 3.44. The molecule has 0 unspecified atom stereocenters. The van der Waals surface area contributed by atoms with Crippen LogP contribution < -0.4 is 10.6 Å². The quantitative estimate of drug-likeness (QED) is 0.867. The van der Waals surface area contributed by atoms with Gasteiger partial charge in [-0.15, -0.1) is 0 Å². The highest BCUT2D eigenvalue weighted by Gasteiger charge is 2.42. The standard InChI is InChI=1S/C20H23FN4O2/c1-14-10-15(13-23-12-14)18(26)25-8-6-20(7-9-25,19(27)22-2)24-17-5-3-4-16(21)11-17/h3-5,10-13,24H,6-9H2,1-2H3,(H,22,27).